The first-order chi connectivity index (χ1) is 8.26. The molecule has 0 atom stereocenters. The van der Waals surface area contributed by atoms with Gasteiger partial charge in [0.05, 0.1) is 24.9 Å². The molecule has 0 aliphatic heterocycles. The number of nitrogen functional groups attached to an aromatic ring is 1. The summed E-state index contributed by atoms with van der Waals surface area (Å²) in [6.07, 6.45) is 1.46. The standard InChI is InChI=1S/C11H14N4O2.ClH/c1-17-10-5-9-7(4-8(10)12)11(13-2-3-16)15-6-14-9;/h4-6,16H,2-3,12H2,1H3,(H,13,14,15);1H. The molecule has 1 aromatic heterocycles. The molecule has 0 bridgehead atoms. The lowest BCUT2D eigenvalue weighted by molar-refractivity contribution is 0.311. The second kappa shape index (κ2) is 6.23. The predicted octanol–water partition coefficient (Wildman–Crippen LogP) is 1.05. The van der Waals surface area contributed by atoms with Gasteiger partial charge in [-0.25, -0.2) is 9.97 Å². The molecule has 18 heavy (non-hydrogen) atoms. The summed E-state index contributed by atoms with van der Waals surface area (Å²) in [4.78, 5) is 8.26. The first kappa shape index (κ1) is 14.3. The molecule has 7 heteroatoms. The number of rotatable bonds is 4. The average Bonchev–Trinajstić information content (AvgIpc) is 2.35. The van der Waals surface area contributed by atoms with Gasteiger partial charge >= 0.3 is 0 Å². The molecule has 0 amide bonds. The summed E-state index contributed by atoms with van der Waals surface area (Å²) >= 11 is 0. The number of hydrogen-bond acceptors (Lipinski definition) is 6. The fourth-order valence-corrected chi connectivity index (χ4v) is 1.59. The summed E-state index contributed by atoms with van der Waals surface area (Å²) in [6.45, 7) is 0.467. The number of methoxy groups -OCH3 is 1. The third-order valence-electron chi connectivity index (χ3n) is 2.39. The van der Waals surface area contributed by atoms with Gasteiger partial charge in [0.1, 0.15) is 17.9 Å². The van der Waals surface area contributed by atoms with E-state index in [0.717, 1.165) is 10.9 Å². The summed E-state index contributed by atoms with van der Waals surface area (Å²) in [6, 6.07) is 3.52. The number of halogens is 1. The molecule has 0 fully saturated rings. The van der Waals surface area contributed by atoms with Gasteiger partial charge in [-0.1, -0.05) is 0 Å². The van der Waals surface area contributed by atoms with Gasteiger partial charge in [0.2, 0.25) is 0 Å². The zero-order chi connectivity index (χ0) is 12.3. The van der Waals surface area contributed by atoms with Gasteiger partial charge in [-0.3, -0.25) is 0 Å². The van der Waals surface area contributed by atoms with Crippen LogP contribution >= 0.6 is 12.4 Å². The van der Waals surface area contributed by atoms with Crippen LogP contribution in [0.4, 0.5) is 11.5 Å². The van der Waals surface area contributed by atoms with Gasteiger partial charge in [0.15, 0.2) is 0 Å². The molecule has 6 nitrogen and oxygen atoms in total. The first-order valence-corrected chi connectivity index (χ1v) is 5.19. The number of aromatic nitrogens is 2. The second-order valence-electron chi connectivity index (χ2n) is 3.48. The van der Waals surface area contributed by atoms with E-state index in [4.69, 9.17) is 15.6 Å². The van der Waals surface area contributed by atoms with Crippen LogP contribution < -0.4 is 15.8 Å². The molecule has 0 radical (unpaired) electrons. The van der Waals surface area contributed by atoms with Crippen LogP contribution in [0.1, 0.15) is 0 Å². The molecular weight excluding hydrogens is 256 g/mol. The summed E-state index contributed by atoms with van der Waals surface area (Å²) < 4.78 is 5.13. The summed E-state index contributed by atoms with van der Waals surface area (Å²) in [5.74, 6) is 1.24. The van der Waals surface area contributed by atoms with Crippen molar-refractivity contribution in [3.05, 3.63) is 18.5 Å². The van der Waals surface area contributed by atoms with Crippen molar-refractivity contribution in [1.29, 1.82) is 0 Å². The number of anilines is 2. The molecule has 0 aliphatic rings. The number of fused-ring (bicyclic) bond motifs is 1. The highest BCUT2D eigenvalue weighted by atomic mass is 35.5. The maximum atomic E-state index is 8.79. The Morgan fingerprint density at radius 1 is 1.39 bits per heavy atom. The van der Waals surface area contributed by atoms with Crippen molar-refractivity contribution in [2.24, 2.45) is 0 Å². The van der Waals surface area contributed by atoms with Crippen molar-refractivity contribution in [2.75, 3.05) is 31.3 Å². The van der Waals surface area contributed by atoms with Crippen LogP contribution in [0.15, 0.2) is 18.5 Å². The number of aliphatic hydroxyl groups excluding tert-OH is 1. The Labute approximate surface area is 111 Å². The van der Waals surface area contributed by atoms with Crippen LogP contribution in [0.2, 0.25) is 0 Å². The molecule has 98 valence electrons. The Morgan fingerprint density at radius 3 is 2.83 bits per heavy atom. The maximum absolute atomic E-state index is 8.79. The van der Waals surface area contributed by atoms with E-state index in [1.54, 1.807) is 19.2 Å². The molecule has 0 spiro atoms. The smallest absolute Gasteiger partial charge is 0.143 e. The molecule has 0 saturated heterocycles. The molecule has 0 aliphatic carbocycles. The van der Waals surface area contributed by atoms with E-state index in [0.29, 0.717) is 23.8 Å². The fourth-order valence-electron chi connectivity index (χ4n) is 1.59. The third kappa shape index (κ3) is 2.72. The summed E-state index contributed by atoms with van der Waals surface area (Å²) in [5, 5.41) is 12.6. The second-order valence-corrected chi connectivity index (χ2v) is 3.48. The van der Waals surface area contributed by atoms with Crippen LogP contribution in [0, 0.1) is 0 Å². The monoisotopic (exact) mass is 270 g/mol. The number of nitrogens with two attached hydrogens (primary N) is 1. The lowest BCUT2D eigenvalue weighted by Crippen LogP contribution is -2.07. The predicted molar refractivity (Wildman–Crippen MR) is 73.3 cm³/mol. The lowest BCUT2D eigenvalue weighted by Gasteiger charge is -2.09. The van der Waals surface area contributed by atoms with Crippen molar-refractivity contribution in [1.82, 2.24) is 9.97 Å². The zero-order valence-electron chi connectivity index (χ0n) is 9.88. The van der Waals surface area contributed by atoms with Crippen LogP contribution in [0.3, 0.4) is 0 Å². The number of benzene rings is 1. The van der Waals surface area contributed by atoms with Crippen molar-refractivity contribution in [3.63, 3.8) is 0 Å². The molecule has 0 saturated carbocycles. The van der Waals surface area contributed by atoms with Crippen molar-refractivity contribution in [3.8, 4) is 5.75 Å². The SMILES string of the molecule is COc1cc2ncnc(NCCO)c2cc1N.Cl. The maximum Gasteiger partial charge on any atom is 0.143 e. The minimum atomic E-state index is 0. The molecule has 1 aromatic carbocycles. The minimum absolute atomic E-state index is 0. The van der Waals surface area contributed by atoms with Crippen molar-refractivity contribution in [2.45, 2.75) is 0 Å². The first-order valence-electron chi connectivity index (χ1n) is 5.19. The van der Waals surface area contributed by atoms with E-state index in [9.17, 15) is 0 Å². The fraction of sp³-hybridized carbons (Fsp3) is 0.273. The Balaban J connectivity index is 0.00000162. The molecule has 2 rings (SSSR count). The summed E-state index contributed by atoms with van der Waals surface area (Å²) in [5.41, 5.74) is 7.11. The van der Waals surface area contributed by atoms with Crippen LogP contribution in [0.25, 0.3) is 10.9 Å². The number of nitrogens with zero attached hydrogens (tertiary/aromatic N) is 2. The highest BCUT2D eigenvalue weighted by molar-refractivity contribution is 5.93. The number of hydrogen-bond donors (Lipinski definition) is 3. The largest absolute Gasteiger partial charge is 0.495 e. The van der Waals surface area contributed by atoms with Crippen LogP contribution in [-0.4, -0.2) is 35.3 Å². The Hall–Kier alpha value is -1.79. The quantitative estimate of drug-likeness (QED) is 0.719. The van der Waals surface area contributed by atoms with Gasteiger partial charge in [-0.15, -0.1) is 12.4 Å². The Morgan fingerprint density at radius 2 is 2.17 bits per heavy atom. The van der Waals surface area contributed by atoms with Gasteiger partial charge in [0, 0.05) is 18.0 Å². The number of nitrogens with one attached hydrogen (secondary N) is 1. The normalized spacial score (nSPS) is 9.89. The lowest BCUT2D eigenvalue weighted by atomic mass is 10.2. The topological polar surface area (TPSA) is 93.3 Å². The van der Waals surface area contributed by atoms with Gasteiger partial charge in [-0.2, -0.15) is 0 Å². The average molecular weight is 271 g/mol. The molecule has 2 aromatic rings. The molecule has 4 N–H and O–H groups in total. The number of ether oxygens (including phenoxy) is 1. The van der Waals surface area contributed by atoms with Crippen LogP contribution in [-0.2, 0) is 0 Å². The highest BCUT2D eigenvalue weighted by Gasteiger charge is 2.07. The minimum Gasteiger partial charge on any atom is -0.495 e. The van der Waals surface area contributed by atoms with E-state index in [2.05, 4.69) is 15.3 Å². The van der Waals surface area contributed by atoms with Crippen molar-refractivity contribution < 1.29 is 9.84 Å². The summed E-state index contributed by atoms with van der Waals surface area (Å²) in [7, 11) is 1.56. The van der Waals surface area contributed by atoms with E-state index in [1.807, 2.05) is 0 Å². The van der Waals surface area contributed by atoms with E-state index >= 15 is 0 Å². The van der Waals surface area contributed by atoms with E-state index in [-0.39, 0.29) is 19.0 Å². The van der Waals surface area contributed by atoms with Crippen LogP contribution in [0.5, 0.6) is 5.75 Å². The molecule has 0 unspecified atom stereocenters. The van der Waals surface area contributed by atoms with Gasteiger partial charge in [-0.05, 0) is 6.07 Å². The van der Waals surface area contributed by atoms with Crippen molar-refractivity contribution >= 4 is 34.8 Å². The molecular formula is C11H15ClN4O2. The molecule has 1 heterocycles. The zero-order valence-corrected chi connectivity index (χ0v) is 10.7. The third-order valence-corrected chi connectivity index (χ3v) is 2.39. The highest BCUT2D eigenvalue weighted by Crippen LogP contribution is 2.29. The van der Waals surface area contributed by atoms with E-state index in [1.165, 1.54) is 6.33 Å². The van der Waals surface area contributed by atoms with Gasteiger partial charge in [0.25, 0.3) is 0 Å². The van der Waals surface area contributed by atoms with Gasteiger partial charge < -0.3 is 20.9 Å². The Kier molecular flexibility index (Phi) is 4.94. The Bertz CT molecular complexity index is 536. The number of aliphatic hydroxyl groups is 1. The van der Waals surface area contributed by atoms with E-state index < -0.39 is 0 Å².